The van der Waals surface area contributed by atoms with Crippen molar-refractivity contribution in [1.29, 1.82) is 0 Å². The van der Waals surface area contributed by atoms with Crippen LogP contribution in [0.2, 0.25) is 0 Å². The Labute approximate surface area is 154 Å². The Bertz CT molecular complexity index is 549. The molecule has 0 aliphatic carbocycles. The lowest BCUT2D eigenvalue weighted by Gasteiger charge is -2.30. The number of ether oxygens (including phenoxy) is 1. The highest BCUT2D eigenvalue weighted by Crippen LogP contribution is 2.04. The van der Waals surface area contributed by atoms with E-state index in [9.17, 15) is 9.59 Å². The number of nitrogens with one attached hydrogen (secondary N) is 1. The van der Waals surface area contributed by atoms with Gasteiger partial charge in [0.15, 0.2) is 0 Å². The lowest BCUT2D eigenvalue weighted by Crippen LogP contribution is -2.44. The first kappa shape index (κ1) is 20.3. The number of amides is 2. The minimum absolute atomic E-state index is 0.0261. The molecule has 0 radical (unpaired) electrons. The monoisotopic (exact) mass is 363 g/mol. The maximum atomic E-state index is 12.7. The van der Waals surface area contributed by atoms with Crippen molar-refractivity contribution in [3.8, 4) is 0 Å². The van der Waals surface area contributed by atoms with Crippen LogP contribution in [-0.4, -0.2) is 84.1 Å². The Kier molecular flexibility index (Phi) is 8.99. The summed E-state index contributed by atoms with van der Waals surface area (Å²) in [7, 11) is 0. The van der Waals surface area contributed by atoms with Crippen molar-refractivity contribution in [3.63, 3.8) is 0 Å². The second-order valence-corrected chi connectivity index (χ2v) is 6.29. The summed E-state index contributed by atoms with van der Waals surface area (Å²) in [6.45, 7) is 7.62. The Morgan fingerprint density at radius 2 is 2.08 bits per heavy atom. The fourth-order valence-electron chi connectivity index (χ4n) is 2.70. The van der Waals surface area contributed by atoms with Gasteiger partial charge in [0.25, 0.3) is 5.91 Å². The van der Waals surface area contributed by atoms with Crippen LogP contribution in [0.15, 0.2) is 18.6 Å². The van der Waals surface area contributed by atoms with Crippen LogP contribution >= 0.6 is 0 Å². The summed E-state index contributed by atoms with van der Waals surface area (Å²) in [5, 5.41) is 2.89. The standard InChI is InChI=1S/C18H29N5O3/c1-2-3-5-21-17(24)4-8-23(10-9-22-11-13-26-14-12-22)18(25)16-15-19-6-7-20-16/h6-7,15H,2-5,8-14H2,1H3,(H,21,24). The van der Waals surface area contributed by atoms with E-state index < -0.39 is 0 Å². The smallest absolute Gasteiger partial charge is 0.274 e. The van der Waals surface area contributed by atoms with E-state index in [-0.39, 0.29) is 11.8 Å². The second kappa shape index (κ2) is 11.5. The molecule has 0 aromatic carbocycles. The van der Waals surface area contributed by atoms with E-state index in [4.69, 9.17) is 4.74 Å². The fourth-order valence-corrected chi connectivity index (χ4v) is 2.70. The van der Waals surface area contributed by atoms with E-state index in [1.807, 2.05) is 0 Å². The lowest BCUT2D eigenvalue weighted by molar-refractivity contribution is -0.121. The Balaban J connectivity index is 1.89. The largest absolute Gasteiger partial charge is 0.379 e. The van der Waals surface area contributed by atoms with Gasteiger partial charge in [-0.1, -0.05) is 13.3 Å². The molecule has 26 heavy (non-hydrogen) atoms. The number of aromatic nitrogens is 2. The van der Waals surface area contributed by atoms with Crippen LogP contribution in [0.5, 0.6) is 0 Å². The second-order valence-electron chi connectivity index (χ2n) is 6.29. The molecule has 0 spiro atoms. The van der Waals surface area contributed by atoms with E-state index >= 15 is 0 Å². The van der Waals surface area contributed by atoms with Crippen LogP contribution in [0.25, 0.3) is 0 Å². The molecule has 1 fully saturated rings. The van der Waals surface area contributed by atoms with Crippen molar-refractivity contribution in [3.05, 3.63) is 24.3 Å². The first-order valence-electron chi connectivity index (χ1n) is 9.32. The quantitative estimate of drug-likeness (QED) is 0.611. The minimum Gasteiger partial charge on any atom is -0.379 e. The van der Waals surface area contributed by atoms with Gasteiger partial charge in [0.2, 0.25) is 5.91 Å². The van der Waals surface area contributed by atoms with Crippen molar-refractivity contribution < 1.29 is 14.3 Å². The predicted molar refractivity (Wildman–Crippen MR) is 97.7 cm³/mol. The first-order valence-corrected chi connectivity index (χ1v) is 9.32. The summed E-state index contributed by atoms with van der Waals surface area (Å²) in [6.07, 6.45) is 6.80. The summed E-state index contributed by atoms with van der Waals surface area (Å²) < 4.78 is 5.36. The summed E-state index contributed by atoms with van der Waals surface area (Å²) in [6, 6.07) is 0. The van der Waals surface area contributed by atoms with Crippen molar-refractivity contribution in [2.75, 3.05) is 52.5 Å². The number of carbonyl (C=O) groups is 2. The van der Waals surface area contributed by atoms with Gasteiger partial charge in [-0.05, 0) is 6.42 Å². The van der Waals surface area contributed by atoms with Crippen molar-refractivity contribution in [2.45, 2.75) is 26.2 Å². The molecule has 2 heterocycles. The maximum absolute atomic E-state index is 12.7. The molecule has 0 unspecified atom stereocenters. The molecule has 1 aliphatic heterocycles. The van der Waals surface area contributed by atoms with Crippen LogP contribution in [0.1, 0.15) is 36.7 Å². The molecule has 2 amide bonds. The number of carbonyl (C=O) groups excluding carboxylic acids is 2. The highest BCUT2D eigenvalue weighted by atomic mass is 16.5. The first-order chi connectivity index (χ1) is 12.7. The highest BCUT2D eigenvalue weighted by molar-refractivity contribution is 5.92. The van der Waals surface area contributed by atoms with Gasteiger partial charge in [-0.25, -0.2) is 4.98 Å². The number of nitrogens with zero attached hydrogens (tertiary/aromatic N) is 4. The summed E-state index contributed by atoms with van der Waals surface area (Å²) >= 11 is 0. The molecule has 0 saturated carbocycles. The normalized spacial score (nSPS) is 14.8. The Morgan fingerprint density at radius 3 is 2.77 bits per heavy atom. The average Bonchev–Trinajstić information content (AvgIpc) is 2.69. The molecule has 1 N–H and O–H groups in total. The highest BCUT2D eigenvalue weighted by Gasteiger charge is 2.20. The maximum Gasteiger partial charge on any atom is 0.274 e. The van der Waals surface area contributed by atoms with Crippen molar-refractivity contribution >= 4 is 11.8 Å². The van der Waals surface area contributed by atoms with E-state index in [0.29, 0.717) is 31.7 Å². The van der Waals surface area contributed by atoms with Gasteiger partial charge >= 0.3 is 0 Å². The minimum atomic E-state index is -0.187. The zero-order valence-corrected chi connectivity index (χ0v) is 15.5. The molecule has 1 aromatic rings. The van der Waals surface area contributed by atoms with Gasteiger partial charge in [-0.2, -0.15) is 0 Å². The lowest BCUT2D eigenvalue weighted by atomic mass is 10.3. The molecule has 144 valence electrons. The van der Waals surface area contributed by atoms with E-state index in [0.717, 1.165) is 45.7 Å². The number of unbranched alkanes of at least 4 members (excludes halogenated alkanes) is 1. The van der Waals surface area contributed by atoms with E-state index in [1.54, 1.807) is 4.90 Å². The Hall–Kier alpha value is -2.06. The van der Waals surface area contributed by atoms with Crippen LogP contribution in [0, 0.1) is 0 Å². The molecule has 0 atom stereocenters. The number of hydrogen-bond acceptors (Lipinski definition) is 6. The Morgan fingerprint density at radius 1 is 1.27 bits per heavy atom. The third-order valence-electron chi connectivity index (χ3n) is 4.32. The van der Waals surface area contributed by atoms with Gasteiger partial charge < -0.3 is 15.0 Å². The molecule has 1 aliphatic rings. The molecule has 8 nitrogen and oxygen atoms in total. The van der Waals surface area contributed by atoms with Gasteiger partial charge in [0, 0.05) is 58.1 Å². The molecule has 0 bridgehead atoms. The molecule has 1 saturated heterocycles. The molecule has 2 rings (SSSR count). The average molecular weight is 363 g/mol. The summed E-state index contributed by atoms with van der Waals surface area (Å²) in [4.78, 5) is 36.7. The molecular formula is C18H29N5O3. The third-order valence-corrected chi connectivity index (χ3v) is 4.32. The van der Waals surface area contributed by atoms with Crippen LogP contribution < -0.4 is 5.32 Å². The van der Waals surface area contributed by atoms with Gasteiger partial charge in [0.1, 0.15) is 5.69 Å². The number of morpholine rings is 1. The van der Waals surface area contributed by atoms with E-state index in [1.165, 1.54) is 18.6 Å². The fraction of sp³-hybridized carbons (Fsp3) is 0.667. The zero-order valence-electron chi connectivity index (χ0n) is 15.5. The van der Waals surface area contributed by atoms with Crippen molar-refractivity contribution in [1.82, 2.24) is 25.1 Å². The van der Waals surface area contributed by atoms with Crippen LogP contribution in [0.3, 0.4) is 0 Å². The zero-order chi connectivity index (χ0) is 18.6. The van der Waals surface area contributed by atoms with Gasteiger partial charge in [0.05, 0.1) is 19.4 Å². The summed E-state index contributed by atoms with van der Waals surface area (Å²) in [5.74, 6) is -0.213. The van der Waals surface area contributed by atoms with Crippen LogP contribution in [-0.2, 0) is 9.53 Å². The summed E-state index contributed by atoms with van der Waals surface area (Å²) in [5.41, 5.74) is 0.306. The number of hydrogen-bond donors (Lipinski definition) is 1. The van der Waals surface area contributed by atoms with Crippen LogP contribution in [0.4, 0.5) is 0 Å². The molecule has 1 aromatic heterocycles. The van der Waals surface area contributed by atoms with E-state index in [2.05, 4.69) is 27.1 Å². The topological polar surface area (TPSA) is 87.7 Å². The number of rotatable bonds is 10. The van der Waals surface area contributed by atoms with Gasteiger partial charge in [-0.15, -0.1) is 0 Å². The van der Waals surface area contributed by atoms with Gasteiger partial charge in [-0.3, -0.25) is 19.5 Å². The predicted octanol–water partition coefficient (Wildman–Crippen LogP) is 0.557. The third kappa shape index (κ3) is 7.05. The SMILES string of the molecule is CCCCNC(=O)CCN(CCN1CCOCC1)C(=O)c1cnccn1. The molecular weight excluding hydrogens is 334 g/mol. The van der Waals surface area contributed by atoms with Crippen molar-refractivity contribution in [2.24, 2.45) is 0 Å². The molecule has 8 heteroatoms.